The molecule has 0 bridgehead atoms. The summed E-state index contributed by atoms with van der Waals surface area (Å²) in [6.07, 6.45) is 6.28. The molecule has 0 saturated heterocycles. The number of hydrazine groups is 1. The number of anilines is 1. The predicted octanol–water partition coefficient (Wildman–Crippen LogP) is 0.396. The summed E-state index contributed by atoms with van der Waals surface area (Å²) in [5.41, 5.74) is 4.86. The minimum atomic E-state index is -0.275. The van der Waals surface area contributed by atoms with E-state index in [1.54, 1.807) is 24.7 Å². The molecule has 1 amide bonds. The van der Waals surface area contributed by atoms with Gasteiger partial charge in [0.05, 0.1) is 35.4 Å². The summed E-state index contributed by atoms with van der Waals surface area (Å²) in [7, 11) is 0. The second-order valence-corrected chi connectivity index (χ2v) is 3.90. The lowest BCUT2D eigenvalue weighted by molar-refractivity contribution is 0.0951. The molecule has 0 aliphatic rings. The average molecular weight is 258 g/mol. The highest BCUT2D eigenvalue weighted by Crippen LogP contribution is 2.11. The van der Waals surface area contributed by atoms with Crippen LogP contribution in [0.5, 0.6) is 0 Å². The van der Waals surface area contributed by atoms with Crippen molar-refractivity contribution >= 4 is 11.6 Å². The number of pyridine rings is 1. The summed E-state index contributed by atoms with van der Waals surface area (Å²) in [6, 6.07) is 1.63. The van der Waals surface area contributed by atoms with E-state index >= 15 is 0 Å². The van der Waals surface area contributed by atoms with Crippen LogP contribution in [0.4, 0.5) is 5.69 Å². The molecule has 0 spiro atoms. The van der Waals surface area contributed by atoms with Crippen molar-refractivity contribution in [3.63, 3.8) is 0 Å². The van der Waals surface area contributed by atoms with Gasteiger partial charge < -0.3 is 10.7 Å². The normalized spacial score (nSPS) is 10.0. The second-order valence-electron chi connectivity index (χ2n) is 3.90. The standard InChI is InChI=1S/C12H14N6O/c1-8-4-16-9(5-15-8)6-17-12(19)10-7-14-3-2-11(10)18-13/h2-5,7H,6,13H2,1H3,(H,14,18)(H,17,19). The number of nitrogens with two attached hydrogens (primary N) is 1. The molecule has 0 aliphatic carbocycles. The van der Waals surface area contributed by atoms with Crippen molar-refractivity contribution in [2.75, 3.05) is 5.43 Å². The molecule has 0 saturated carbocycles. The van der Waals surface area contributed by atoms with Gasteiger partial charge in [-0.3, -0.25) is 25.6 Å². The van der Waals surface area contributed by atoms with E-state index in [1.165, 1.54) is 6.20 Å². The molecule has 4 N–H and O–H groups in total. The van der Waals surface area contributed by atoms with Crippen LogP contribution >= 0.6 is 0 Å². The maximum Gasteiger partial charge on any atom is 0.255 e. The molecule has 0 aromatic carbocycles. The first-order chi connectivity index (χ1) is 9.20. The van der Waals surface area contributed by atoms with Crippen LogP contribution in [-0.4, -0.2) is 20.9 Å². The molecule has 0 fully saturated rings. The van der Waals surface area contributed by atoms with Gasteiger partial charge in [0.15, 0.2) is 0 Å². The molecular formula is C12H14N6O. The lowest BCUT2D eigenvalue weighted by atomic mass is 10.2. The summed E-state index contributed by atoms with van der Waals surface area (Å²) >= 11 is 0. The van der Waals surface area contributed by atoms with Crippen molar-refractivity contribution in [3.8, 4) is 0 Å². The third-order valence-corrected chi connectivity index (χ3v) is 2.49. The number of nitrogens with zero attached hydrogens (tertiary/aromatic N) is 3. The van der Waals surface area contributed by atoms with E-state index in [4.69, 9.17) is 5.84 Å². The van der Waals surface area contributed by atoms with Gasteiger partial charge in [0.25, 0.3) is 5.91 Å². The first kappa shape index (κ1) is 12.9. The molecule has 2 rings (SSSR count). The number of amides is 1. The smallest absolute Gasteiger partial charge is 0.255 e. The topological polar surface area (TPSA) is 106 Å². The van der Waals surface area contributed by atoms with E-state index in [2.05, 4.69) is 25.7 Å². The lowest BCUT2D eigenvalue weighted by Gasteiger charge is -2.08. The number of carbonyl (C=O) groups is 1. The number of hydrogen-bond donors (Lipinski definition) is 3. The van der Waals surface area contributed by atoms with Crippen molar-refractivity contribution in [1.82, 2.24) is 20.3 Å². The highest BCUT2D eigenvalue weighted by atomic mass is 16.1. The van der Waals surface area contributed by atoms with Gasteiger partial charge in [0.2, 0.25) is 0 Å². The number of rotatable bonds is 4. The fourth-order valence-corrected chi connectivity index (χ4v) is 1.48. The average Bonchev–Trinajstić information content (AvgIpc) is 2.46. The van der Waals surface area contributed by atoms with Crippen LogP contribution in [-0.2, 0) is 6.54 Å². The van der Waals surface area contributed by atoms with E-state index in [9.17, 15) is 4.79 Å². The SMILES string of the molecule is Cc1cnc(CNC(=O)c2cnccc2NN)cn1. The molecule has 7 nitrogen and oxygen atoms in total. The van der Waals surface area contributed by atoms with Crippen LogP contribution in [0.2, 0.25) is 0 Å². The highest BCUT2D eigenvalue weighted by molar-refractivity contribution is 5.99. The van der Waals surface area contributed by atoms with E-state index in [0.29, 0.717) is 23.5 Å². The molecule has 0 atom stereocenters. The summed E-state index contributed by atoms with van der Waals surface area (Å²) in [5, 5.41) is 2.73. The van der Waals surface area contributed by atoms with E-state index in [0.717, 1.165) is 5.69 Å². The Bertz CT molecular complexity index is 569. The highest BCUT2D eigenvalue weighted by Gasteiger charge is 2.10. The summed E-state index contributed by atoms with van der Waals surface area (Å²) < 4.78 is 0. The number of hydrogen-bond acceptors (Lipinski definition) is 6. The minimum Gasteiger partial charge on any atom is -0.346 e. The van der Waals surface area contributed by atoms with Crippen molar-refractivity contribution in [2.24, 2.45) is 5.84 Å². The molecule has 2 aromatic heterocycles. The third kappa shape index (κ3) is 3.23. The van der Waals surface area contributed by atoms with Crippen molar-refractivity contribution in [2.45, 2.75) is 13.5 Å². The molecule has 0 radical (unpaired) electrons. The van der Waals surface area contributed by atoms with E-state index in [1.807, 2.05) is 6.92 Å². The number of nitrogen functional groups attached to an aromatic ring is 1. The lowest BCUT2D eigenvalue weighted by Crippen LogP contribution is -2.25. The first-order valence-corrected chi connectivity index (χ1v) is 5.67. The van der Waals surface area contributed by atoms with Crippen LogP contribution in [0, 0.1) is 6.92 Å². The largest absolute Gasteiger partial charge is 0.346 e. The molecule has 2 aromatic rings. The van der Waals surface area contributed by atoms with Crippen molar-refractivity contribution in [1.29, 1.82) is 0 Å². The Labute approximate surface area is 110 Å². The van der Waals surface area contributed by atoms with E-state index in [-0.39, 0.29) is 5.91 Å². The Morgan fingerprint density at radius 1 is 1.32 bits per heavy atom. The van der Waals surface area contributed by atoms with Gasteiger partial charge in [-0.1, -0.05) is 0 Å². The quantitative estimate of drug-likeness (QED) is 0.541. The fraction of sp³-hybridized carbons (Fsp3) is 0.167. The van der Waals surface area contributed by atoms with Gasteiger partial charge in [-0.15, -0.1) is 0 Å². The zero-order chi connectivity index (χ0) is 13.7. The van der Waals surface area contributed by atoms with Gasteiger partial charge in [-0.25, -0.2) is 0 Å². The van der Waals surface area contributed by atoms with Gasteiger partial charge in [0.1, 0.15) is 0 Å². The van der Waals surface area contributed by atoms with Crippen molar-refractivity contribution in [3.05, 3.63) is 47.8 Å². The number of aromatic nitrogens is 3. The molecule has 7 heteroatoms. The van der Waals surface area contributed by atoms with E-state index < -0.39 is 0 Å². The Morgan fingerprint density at radius 2 is 2.16 bits per heavy atom. The Kier molecular flexibility index (Phi) is 3.99. The van der Waals surface area contributed by atoms with Crippen molar-refractivity contribution < 1.29 is 4.79 Å². The summed E-state index contributed by atoms with van der Waals surface area (Å²) in [6.45, 7) is 2.15. The molecule has 0 aliphatic heterocycles. The van der Waals surface area contributed by atoms with Crippen LogP contribution in [0.15, 0.2) is 30.9 Å². The molecule has 0 unspecified atom stereocenters. The summed E-state index contributed by atoms with van der Waals surface area (Å²) in [4.78, 5) is 24.1. The second kappa shape index (κ2) is 5.87. The van der Waals surface area contributed by atoms with Gasteiger partial charge >= 0.3 is 0 Å². The van der Waals surface area contributed by atoms with Crippen LogP contribution < -0.4 is 16.6 Å². The maximum absolute atomic E-state index is 12.0. The van der Waals surface area contributed by atoms with Gasteiger partial charge in [-0.2, -0.15) is 0 Å². The number of aryl methyl sites for hydroxylation is 1. The monoisotopic (exact) mass is 258 g/mol. The zero-order valence-corrected chi connectivity index (χ0v) is 10.4. The molecular weight excluding hydrogens is 244 g/mol. The number of carbonyl (C=O) groups excluding carboxylic acids is 1. The van der Waals surface area contributed by atoms with Crippen LogP contribution in [0.1, 0.15) is 21.7 Å². The first-order valence-electron chi connectivity index (χ1n) is 5.67. The maximum atomic E-state index is 12.0. The third-order valence-electron chi connectivity index (χ3n) is 2.49. The Hall–Kier alpha value is -2.54. The van der Waals surface area contributed by atoms with Gasteiger partial charge in [0, 0.05) is 18.6 Å². The van der Waals surface area contributed by atoms with Crippen LogP contribution in [0.25, 0.3) is 0 Å². The fourth-order valence-electron chi connectivity index (χ4n) is 1.48. The molecule has 98 valence electrons. The zero-order valence-electron chi connectivity index (χ0n) is 10.4. The summed E-state index contributed by atoms with van der Waals surface area (Å²) in [5.74, 6) is 5.06. The number of nitrogens with one attached hydrogen (secondary N) is 2. The predicted molar refractivity (Wildman–Crippen MR) is 70.0 cm³/mol. The molecule has 2 heterocycles. The Balaban J connectivity index is 2.03. The van der Waals surface area contributed by atoms with Crippen LogP contribution in [0.3, 0.4) is 0 Å². The minimum absolute atomic E-state index is 0.275. The molecule has 19 heavy (non-hydrogen) atoms. The Morgan fingerprint density at radius 3 is 2.84 bits per heavy atom. The van der Waals surface area contributed by atoms with Gasteiger partial charge in [-0.05, 0) is 13.0 Å².